The van der Waals surface area contributed by atoms with Crippen LogP contribution >= 0.6 is 11.8 Å². The zero-order valence-corrected chi connectivity index (χ0v) is 9.84. The highest BCUT2D eigenvalue weighted by atomic mass is 32.2. The molecule has 0 amide bonds. The van der Waals surface area contributed by atoms with Crippen LogP contribution in [0.5, 0.6) is 0 Å². The van der Waals surface area contributed by atoms with Crippen LogP contribution < -0.4 is 0 Å². The molecule has 1 nitrogen and oxygen atoms in total. The van der Waals surface area contributed by atoms with Crippen LogP contribution in [0.15, 0.2) is 47.9 Å². The van der Waals surface area contributed by atoms with Gasteiger partial charge in [0.25, 0.3) is 0 Å². The smallest absolute Gasteiger partial charge is 0.383 e. The molecule has 94 valence electrons. The van der Waals surface area contributed by atoms with Gasteiger partial charge in [0.1, 0.15) is 0 Å². The summed E-state index contributed by atoms with van der Waals surface area (Å²) in [6.07, 6.45) is -5.46. The Bertz CT molecular complexity index is 351. The van der Waals surface area contributed by atoms with Crippen molar-refractivity contribution in [3.63, 3.8) is 0 Å². The Kier molecular flexibility index (Phi) is 5.08. The standard InChI is InChI=1S/C12H13F3OS/c1-2-6-10(11(16)12(13,14)15)17-9-7-4-3-5-8-9/h2-5,7-8,10-11,16H,1,6H2. The molecule has 0 fully saturated rings. The second-order valence-electron chi connectivity index (χ2n) is 3.48. The minimum Gasteiger partial charge on any atom is -0.383 e. The maximum atomic E-state index is 12.4. The van der Waals surface area contributed by atoms with Crippen molar-refractivity contribution >= 4 is 11.8 Å². The van der Waals surface area contributed by atoms with E-state index in [4.69, 9.17) is 0 Å². The summed E-state index contributed by atoms with van der Waals surface area (Å²) in [5, 5.41) is 8.28. The third kappa shape index (κ3) is 4.44. The van der Waals surface area contributed by atoms with Gasteiger partial charge in [-0.1, -0.05) is 24.3 Å². The van der Waals surface area contributed by atoms with Gasteiger partial charge >= 0.3 is 6.18 Å². The molecule has 0 aromatic heterocycles. The maximum absolute atomic E-state index is 12.4. The van der Waals surface area contributed by atoms with E-state index in [2.05, 4.69) is 6.58 Å². The Morgan fingerprint density at radius 2 is 1.88 bits per heavy atom. The van der Waals surface area contributed by atoms with Crippen molar-refractivity contribution in [2.24, 2.45) is 0 Å². The van der Waals surface area contributed by atoms with E-state index in [0.29, 0.717) is 4.90 Å². The van der Waals surface area contributed by atoms with Gasteiger partial charge < -0.3 is 5.11 Å². The predicted octanol–water partition coefficient (Wildman–Crippen LogP) is 3.65. The molecule has 0 radical (unpaired) electrons. The maximum Gasteiger partial charge on any atom is 0.415 e. The van der Waals surface area contributed by atoms with Crippen LogP contribution in [0.25, 0.3) is 0 Å². The lowest BCUT2D eigenvalue weighted by molar-refractivity contribution is -0.203. The van der Waals surface area contributed by atoms with Crippen molar-refractivity contribution in [1.29, 1.82) is 0 Å². The van der Waals surface area contributed by atoms with Crippen LogP contribution in [0.3, 0.4) is 0 Å². The monoisotopic (exact) mass is 262 g/mol. The van der Waals surface area contributed by atoms with Crippen molar-refractivity contribution in [2.75, 3.05) is 0 Å². The molecule has 2 unspecified atom stereocenters. The molecule has 0 saturated carbocycles. The molecular formula is C12H13F3OS. The second-order valence-corrected chi connectivity index (χ2v) is 4.79. The molecule has 0 saturated heterocycles. The van der Waals surface area contributed by atoms with Crippen molar-refractivity contribution in [3.8, 4) is 0 Å². The molecule has 0 bridgehead atoms. The Hall–Kier alpha value is -0.940. The fraction of sp³-hybridized carbons (Fsp3) is 0.333. The highest BCUT2D eigenvalue weighted by Crippen LogP contribution is 2.34. The number of hydrogen-bond acceptors (Lipinski definition) is 2. The first-order chi connectivity index (χ1) is 7.95. The number of benzene rings is 1. The number of aliphatic hydroxyl groups is 1. The van der Waals surface area contributed by atoms with Gasteiger partial charge in [-0.25, -0.2) is 0 Å². The quantitative estimate of drug-likeness (QED) is 0.645. The van der Waals surface area contributed by atoms with E-state index in [1.807, 2.05) is 0 Å². The molecule has 0 spiro atoms. The summed E-state index contributed by atoms with van der Waals surface area (Å²) in [4.78, 5) is 0.697. The lowest BCUT2D eigenvalue weighted by Gasteiger charge is -2.23. The molecule has 0 aliphatic carbocycles. The molecule has 5 heteroatoms. The van der Waals surface area contributed by atoms with Gasteiger partial charge in [0.2, 0.25) is 0 Å². The minimum atomic E-state index is -4.60. The van der Waals surface area contributed by atoms with E-state index in [1.165, 1.54) is 6.08 Å². The number of thioether (sulfide) groups is 1. The highest BCUT2D eigenvalue weighted by Gasteiger charge is 2.43. The fourth-order valence-electron chi connectivity index (χ4n) is 1.29. The summed E-state index contributed by atoms with van der Waals surface area (Å²) < 4.78 is 37.3. The van der Waals surface area contributed by atoms with E-state index >= 15 is 0 Å². The molecule has 0 aliphatic heterocycles. The summed E-state index contributed by atoms with van der Waals surface area (Å²) >= 11 is 1.01. The molecule has 1 aromatic carbocycles. The van der Waals surface area contributed by atoms with Crippen LogP contribution in [0, 0.1) is 0 Å². The number of hydrogen-bond donors (Lipinski definition) is 1. The molecule has 1 rings (SSSR count). The van der Waals surface area contributed by atoms with Gasteiger partial charge in [-0.05, 0) is 18.6 Å². The number of allylic oxidation sites excluding steroid dienone is 1. The number of alkyl halides is 3. The molecular weight excluding hydrogens is 249 g/mol. The Morgan fingerprint density at radius 3 is 2.35 bits per heavy atom. The molecule has 0 aliphatic rings. The molecule has 0 heterocycles. The lowest BCUT2D eigenvalue weighted by Crippen LogP contribution is -2.37. The Morgan fingerprint density at radius 1 is 1.29 bits per heavy atom. The minimum absolute atomic E-state index is 0.0975. The summed E-state index contributed by atoms with van der Waals surface area (Å²) in [7, 11) is 0. The third-order valence-corrected chi connectivity index (χ3v) is 3.41. The molecule has 1 aromatic rings. The van der Waals surface area contributed by atoms with Crippen molar-refractivity contribution in [3.05, 3.63) is 43.0 Å². The second kappa shape index (κ2) is 6.12. The van der Waals surface area contributed by atoms with Crippen molar-refractivity contribution in [2.45, 2.75) is 28.8 Å². The number of aliphatic hydroxyl groups excluding tert-OH is 1. The van der Waals surface area contributed by atoms with Gasteiger partial charge in [-0.15, -0.1) is 18.3 Å². The van der Waals surface area contributed by atoms with Gasteiger partial charge in [0.05, 0.1) is 0 Å². The van der Waals surface area contributed by atoms with Crippen molar-refractivity contribution in [1.82, 2.24) is 0 Å². The van der Waals surface area contributed by atoms with Gasteiger partial charge in [0.15, 0.2) is 6.10 Å². The van der Waals surface area contributed by atoms with Gasteiger partial charge in [-0.3, -0.25) is 0 Å². The van der Waals surface area contributed by atoms with E-state index in [-0.39, 0.29) is 6.42 Å². The largest absolute Gasteiger partial charge is 0.415 e. The fourth-order valence-corrected chi connectivity index (χ4v) is 2.47. The van der Waals surface area contributed by atoms with Gasteiger partial charge in [0, 0.05) is 10.1 Å². The molecule has 1 N–H and O–H groups in total. The van der Waals surface area contributed by atoms with Gasteiger partial charge in [-0.2, -0.15) is 13.2 Å². The average molecular weight is 262 g/mol. The summed E-state index contributed by atoms with van der Waals surface area (Å²) in [5.74, 6) is 0. The highest BCUT2D eigenvalue weighted by molar-refractivity contribution is 8.00. The average Bonchev–Trinajstić information content (AvgIpc) is 2.28. The van der Waals surface area contributed by atoms with E-state index < -0.39 is 17.5 Å². The lowest BCUT2D eigenvalue weighted by atomic mass is 10.2. The zero-order chi connectivity index (χ0) is 12.9. The number of halogens is 3. The zero-order valence-electron chi connectivity index (χ0n) is 9.02. The van der Waals surface area contributed by atoms with E-state index in [1.54, 1.807) is 30.3 Å². The van der Waals surface area contributed by atoms with Crippen LogP contribution in [-0.4, -0.2) is 22.6 Å². The summed E-state index contributed by atoms with van der Waals surface area (Å²) in [6, 6.07) is 8.70. The van der Waals surface area contributed by atoms with Crippen LogP contribution in [0.4, 0.5) is 13.2 Å². The van der Waals surface area contributed by atoms with E-state index in [0.717, 1.165) is 11.8 Å². The van der Waals surface area contributed by atoms with Crippen LogP contribution in [-0.2, 0) is 0 Å². The Labute approximate surface area is 102 Å². The van der Waals surface area contributed by atoms with Crippen molar-refractivity contribution < 1.29 is 18.3 Å². The first-order valence-corrected chi connectivity index (χ1v) is 5.90. The molecule has 17 heavy (non-hydrogen) atoms. The third-order valence-electron chi connectivity index (χ3n) is 2.12. The number of rotatable bonds is 5. The first-order valence-electron chi connectivity index (χ1n) is 5.02. The normalized spacial score (nSPS) is 15.3. The van der Waals surface area contributed by atoms with Crippen LogP contribution in [0.2, 0.25) is 0 Å². The summed E-state index contributed by atoms with van der Waals surface area (Å²) in [5.41, 5.74) is 0. The SMILES string of the molecule is C=CCC(Sc1ccccc1)C(O)C(F)(F)F. The van der Waals surface area contributed by atoms with Crippen LogP contribution in [0.1, 0.15) is 6.42 Å². The van der Waals surface area contributed by atoms with E-state index in [9.17, 15) is 18.3 Å². The predicted molar refractivity (Wildman–Crippen MR) is 63.0 cm³/mol. The topological polar surface area (TPSA) is 20.2 Å². The first kappa shape index (κ1) is 14.1. The summed E-state index contributed by atoms with van der Waals surface area (Å²) in [6.45, 7) is 3.41. The Balaban J connectivity index is 2.76. The molecule has 2 atom stereocenters.